The van der Waals surface area contributed by atoms with E-state index in [1.54, 1.807) is 16.3 Å². The van der Waals surface area contributed by atoms with E-state index in [0.29, 0.717) is 11.6 Å². The number of imidazole rings is 1. The molecule has 0 aliphatic heterocycles. The second kappa shape index (κ2) is 5.13. The van der Waals surface area contributed by atoms with Crippen molar-refractivity contribution in [3.63, 3.8) is 0 Å². The van der Waals surface area contributed by atoms with Crippen LogP contribution in [0.3, 0.4) is 0 Å². The fraction of sp³-hybridized carbons (Fsp3) is 0.333. The highest BCUT2D eigenvalue weighted by molar-refractivity contribution is 6.31. The summed E-state index contributed by atoms with van der Waals surface area (Å²) in [6, 6.07) is 3.87. The molecule has 0 aliphatic rings. The predicted molar refractivity (Wildman–Crippen MR) is 68.4 cm³/mol. The topological polar surface area (TPSA) is 83.2 Å². The number of nitrogens with zero attached hydrogens (tertiary/aromatic N) is 6. The molecule has 0 amide bonds. The molecule has 0 bridgehead atoms. The van der Waals surface area contributed by atoms with Gasteiger partial charge in [-0.1, -0.05) is 18.5 Å². The molecule has 0 unspecified atom stereocenters. The molecule has 0 radical (unpaired) electrons. The predicted octanol–water partition coefficient (Wildman–Crippen LogP) is 1.62. The first-order valence-corrected chi connectivity index (χ1v) is 6.05. The van der Waals surface area contributed by atoms with Crippen LogP contribution in [0.5, 0.6) is 0 Å². The van der Waals surface area contributed by atoms with Gasteiger partial charge in [-0.3, -0.25) is 4.68 Å². The summed E-state index contributed by atoms with van der Waals surface area (Å²) < 4.78 is 3.29. The van der Waals surface area contributed by atoms with E-state index in [4.69, 9.17) is 22.1 Å². The lowest BCUT2D eigenvalue weighted by Crippen LogP contribution is -2.07. The third-order valence-electron chi connectivity index (χ3n) is 2.87. The van der Waals surface area contributed by atoms with Crippen LogP contribution in [0.4, 0.5) is 0 Å². The van der Waals surface area contributed by atoms with Gasteiger partial charge in [0, 0.05) is 7.05 Å². The largest absolute Gasteiger partial charge is 0.315 e. The first-order chi connectivity index (χ1) is 9.12. The molecular weight excluding hydrogens is 264 g/mol. The second-order valence-electron chi connectivity index (χ2n) is 3.98. The summed E-state index contributed by atoms with van der Waals surface area (Å²) >= 11 is 6.25. The summed E-state index contributed by atoms with van der Waals surface area (Å²) in [5.74, 6) is 0. The Morgan fingerprint density at radius 2 is 2.11 bits per heavy atom. The van der Waals surface area contributed by atoms with Crippen LogP contribution in [0.2, 0.25) is 5.02 Å². The molecule has 7 heteroatoms. The third-order valence-corrected chi connectivity index (χ3v) is 3.31. The van der Waals surface area contributed by atoms with E-state index < -0.39 is 0 Å². The SMILES string of the molecule is CCc1nn(C)c(Cn2cnc(C#N)c2C#N)c1Cl. The monoisotopic (exact) mass is 274 g/mol. The summed E-state index contributed by atoms with van der Waals surface area (Å²) in [5, 5.41) is 22.8. The van der Waals surface area contributed by atoms with Crippen molar-refractivity contribution in [3.8, 4) is 12.1 Å². The van der Waals surface area contributed by atoms with Crippen molar-refractivity contribution in [2.24, 2.45) is 7.05 Å². The minimum absolute atomic E-state index is 0.122. The standard InChI is InChI=1S/C12H11ClN6/c1-3-8-12(13)11(18(2)17-8)6-19-7-16-9(4-14)10(19)5-15/h7H,3,6H2,1-2H3. The minimum atomic E-state index is 0.122. The lowest BCUT2D eigenvalue weighted by molar-refractivity contribution is 0.657. The van der Waals surface area contributed by atoms with E-state index in [1.807, 2.05) is 19.1 Å². The van der Waals surface area contributed by atoms with Gasteiger partial charge in [-0.2, -0.15) is 15.6 Å². The van der Waals surface area contributed by atoms with Gasteiger partial charge in [0.25, 0.3) is 0 Å². The van der Waals surface area contributed by atoms with E-state index in [9.17, 15) is 0 Å². The van der Waals surface area contributed by atoms with Gasteiger partial charge in [-0.25, -0.2) is 4.98 Å². The van der Waals surface area contributed by atoms with Crippen LogP contribution in [0, 0.1) is 22.7 Å². The molecule has 0 N–H and O–H groups in total. The van der Waals surface area contributed by atoms with Crippen LogP contribution >= 0.6 is 11.6 Å². The maximum Gasteiger partial charge on any atom is 0.176 e. The molecule has 0 aliphatic carbocycles. The average molecular weight is 275 g/mol. The van der Waals surface area contributed by atoms with E-state index in [0.717, 1.165) is 17.8 Å². The number of aromatic nitrogens is 4. The van der Waals surface area contributed by atoms with Gasteiger partial charge in [0.05, 0.1) is 29.3 Å². The van der Waals surface area contributed by atoms with E-state index in [2.05, 4.69) is 10.1 Å². The van der Waals surface area contributed by atoms with Crippen molar-refractivity contribution in [1.29, 1.82) is 10.5 Å². The number of hydrogen-bond donors (Lipinski definition) is 0. The van der Waals surface area contributed by atoms with Crippen molar-refractivity contribution in [2.75, 3.05) is 0 Å². The van der Waals surface area contributed by atoms with Gasteiger partial charge < -0.3 is 4.57 Å². The van der Waals surface area contributed by atoms with Gasteiger partial charge in [0.2, 0.25) is 0 Å². The van der Waals surface area contributed by atoms with Gasteiger partial charge in [0.15, 0.2) is 11.4 Å². The summed E-state index contributed by atoms with van der Waals surface area (Å²) in [6.07, 6.45) is 2.21. The number of aryl methyl sites for hydroxylation is 2. The molecule has 19 heavy (non-hydrogen) atoms. The van der Waals surface area contributed by atoms with Crippen molar-refractivity contribution >= 4 is 11.6 Å². The molecule has 0 saturated heterocycles. The Hall–Kier alpha value is -2.31. The summed E-state index contributed by atoms with van der Waals surface area (Å²) in [4.78, 5) is 3.89. The highest BCUT2D eigenvalue weighted by Gasteiger charge is 2.16. The molecule has 96 valence electrons. The fourth-order valence-electron chi connectivity index (χ4n) is 1.85. The van der Waals surface area contributed by atoms with Crippen LogP contribution in [0.15, 0.2) is 6.33 Å². The molecule has 0 spiro atoms. The molecule has 2 aromatic rings. The summed E-state index contributed by atoms with van der Waals surface area (Å²) in [7, 11) is 1.80. The van der Waals surface area contributed by atoms with Crippen molar-refractivity contribution in [1.82, 2.24) is 19.3 Å². The lowest BCUT2D eigenvalue weighted by Gasteiger charge is -2.05. The molecule has 0 atom stereocenters. The van der Waals surface area contributed by atoms with Crippen LogP contribution in [0.1, 0.15) is 29.7 Å². The Morgan fingerprint density at radius 3 is 2.63 bits per heavy atom. The molecular formula is C12H11ClN6. The quantitative estimate of drug-likeness (QED) is 0.851. The van der Waals surface area contributed by atoms with Crippen molar-refractivity contribution in [3.05, 3.63) is 34.1 Å². The van der Waals surface area contributed by atoms with Gasteiger partial charge in [0.1, 0.15) is 12.1 Å². The van der Waals surface area contributed by atoms with E-state index in [1.165, 1.54) is 6.33 Å². The first-order valence-electron chi connectivity index (χ1n) is 5.67. The van der Waals surface area contributed by atoms with Crippen LogP contribution in [-0.2, 0) is 20.0 Å². The first kappa shape index (κ1) is 13.1. The minimum Gasteiger partial charge on any atom is -0.315 e. The molecule has 0 saturated carbocycles. The maximum absolute atomic E-state index is 9.07. The second-order valence-corrected chi connectivity index (χ2v) is 4.36. The van der Waals surface area contributed by atoms with Crippen molar-refractivity contribution < 1.29 is 0 Å². The Morgan fingerprint density at radius 1 is 1.37 bits per heavy atom. The Kier molecular flexibility index (Phi) is 3.55. The Bertz CT molecular complexity index is 697. The molecule has 2 aromatic heterocycles. The van der Waals surface area contributed by atoms with Gasteiger partial charge in [-0.15, -0.1) is 0 Å². The summed E-state index contributed by atoms with van der Waals surface area (Å²) in [5.41, 5.74) is 1.96. The van der Waals surface area contributed by atoms with Crippen LogP contribution in [0.25, 0.3) is 0 Å². The van der Waals surface area contributed by atoms with Crippen molar-refractivity contribution in [2.45, 2.75) is 19.9 Å². The Labute approximate surface area is 115 Å². The third kappa shape index (κ3) is 2.18. The Balaban J connectivity index is 2.43. The highest BCUT2D eigenvalue weighted by Crippen LogP contribution is 2.22. The number of nitriles is 2. The average Bonchev–Trinajstić information content (AvgIpc) is 2.93. The molecule has 6 nitrogen and oxygen atoms in total. The maximum atomic E-state index is 9.07. The highest BCUT2D eigenvalue weighted by atomic mass is 35.5. The molecule has 2 rings (SSSR count). The smallest absolute Gasteiger partial charge is 0.176 e. The molecule has 0 aromatic carbocycles. The zero-order valence-corrected chi connectivity index (χ0v) is 11.3. The fourth-order valence-corrected chi connectivity index (χ4v) is 2.21. The van der Waals surface area contributed by atoms with Gasteiger partial charge >= 0.3 is 0 Å². The zero-order valence-electron chi connectivity index (χ0n) is 10.6. The summed E-state index contributed by atoms with van der Waals surface area (Å²) in [6.45, 7) is 2.34. The van der Waals surface area contributed by atoms with Crippen LogP contribution in [-0.4, -0.2) is 19.3 Å². The number of hydrogen-bond acceptors (Lipinski definition) is 4. The van der Waals surface area contributed by atoms with Gasteiger partial charge in [-0.05, 0) is 6.42 Å². The zero-order chi connectivity index (χ0) is 14.0. The van der Waals surface area contributed by atoms with E-state index in [-0.39, 0.29) is 11.4 Å². The van der Waals surface area contributed by atoms with Crippen LogP contribution < -0.4 is 0 Å². The number of rotatable bonds is 3. The molecule has 0 fully saturated rings. The normalized spacial score (nSPS) is 10.2. The van der Waals surface area contributed by atoms with E-state index >= 15 is 0 Å². The lowest BCUT2D eigenvalue weighted by atomic mass is 10.3. The molecule has 2 heterocycles. The number of halogens is 1.